The first kappa shape index (κ1) is 19.0. The molecule has 0 fully saturated rings. The van der Waals surface area contributed by atoms with Gasteiger partial charge in [-0.05, 0) is 49.3 Å². The minimum Gasteiger partial charge on any atom is -0.288 e. The van der Waals surface area contributed by atoms with Gasteiger partial charge in [0.25, 0.3) is 5.56 Å². The van der Waals surface area contributed by atoms with Crippen molar-refractivity contribution in [2.24, 2.45) is 0 Å². The molecular formula is C25H20N2OS2. The van der Waals surface area contributed by atoms with Gasteiger partial charge in [0.2, 0.25) is 0 Å². The molecule has 148 valence electrons. The molecule has 3 nitrogen and oxygen atoms in total. The zero-order valence-corrected chi connectivity index (χ0v) is 18.4. The van der Waals surface area contributed by atoms with Gasteiger partial charge in [-0.1, -0.05) is 71.8 Å². The molecule has 0 aliphatic carbocycles. The molecule has 0 saturated heterocycles. The van der Waals surface area contributed by atoms with Crippen molar-refractivity contribution < 1.29 is 0 Å². The molecule has 0 atom stereocenters. The first-order valence-corrected chi connectivity index (χ1v) is 11.0. The first-order chi connectivity index (χ1) is 14.5. The third kappa shape index (κ3) is 3.11. The van der Waals surface area contributed by atoms with Gasteiger partial charge < -0.3 is 0 Å². The summed E-state index contributed by atoms with van der Waals surface area (Å²) in [4.78, 5) is 14.6. The fourth-order valence-corrected chi connectivity index (χ4v) is 5.33. The van der Waals surface area contributed by atoms with Gasteiger partial charge in [0.15, 0.2) is 3.95 Å². The molecule has 0 aliphatic heterocycles. The summed E-state index contributed by atoms with van der Waals surface area (Å²) in [7, 11) is 0. The number of hydrogen-bond acceptors (Lipinski definition) is 3. The molecule has 0 aliphatic rings. The van der Waals surface area contributed by atoms with Crippen molar-refractivity contribution in [1.29, 1.82) is 0 Å². The molecule has 0 unspecified atom stereocenters. The summed E-state index contributed by atoms with van der Waals surface area (Å²) < 4.78 is 4.68. The van der Waals surface area contributed by atoms with Gasteiger partial charge in [-0.25, -0.2) is 0 Å². The van der Waals surface area contributed by atoms with Crippen LogP contribution < -0.4 is 5.56 Å². The Kier molecular flexibility index (Phi) is 4.65. The number of aryl methyl sites for hydroxylation is 2. The summed E-state index contributed by atoms with van der Waals surface area (Å²) in [5, 5.41) is 0.682. The minimum atomic E-state index is 0.00729. The topological polar surface area (TPSA) is 26.4 Å². The van der Waals surface area contributed by atoms with E-state index in [-0.39, 0.29) is 5.56 Å². The van der Waals surface area contributed by atoms with E-state index < -0.39 is 0 Å². The van der Waals surface area contributed by atoms with Crippen molar-refractivity contribution >= 4 is 40.1 Å². The highest BCUT2D eigenvalue weighted by Gasteiger charge is 2.18. The van der Waals surface area contributed by atoms with Crippen LogP contribution in [0.2, 0.25) is 0 Å². The highest BCUT2D eigenvalue weighted by molar-refractivity contribution is 7.73. The van der Waals surface area contributed by atoms with Crippen molar-refractivity contribution in [2.75, 3.05) is 0 Å². The Labute approximate surface area is 183 Å². The molecule has 0 amide bonds. The van der Waals surface area contributed by atoms with E-state index in [4.69, 9.17) is 12.2 Å². The molecule has 5 heteroatoms. The SMILES string of the molecule is Cc1ccc(Cn2c(=O)c3ccccc3n3c(=S)sc(-c4cccc(C)c4)c23)cc1. The van der Waals surface area contributed by atoms with Gasteiger partial charge in [0.05, 0.1) is 22.3 Å². The number of para-hydroxylation sites is 1. The van der Waals surface area contributed by atoms with Crippen molar-refractivity contribution in [3.8, 4) is 10.4 Å². The maximum absolute atomic E-state index is 13.6. The van der Waals surface area contributed by atoms with Crippen LogP contribution in [0.1, 0.15) is 16.7 Å². The predicted octanol–water partition coefficient (Wildman–Crippen LogP) is 6.38. The summed E-state index contributed by atoms with van der Waals surface area (Å²) in [5.74, 6) is 0. The van der Waals surface area contributed by atoms with E-state index in [1.807, 2.05) is 34.9 Å². The third-order valence-electron chi connectivity index (χ3n) is 5.40. The summed E-state index contributed by atoms with van der Waals surface area (Å²) in [6, 6.07) is 24.4. The molecule has 5 aromatic rings. The molecule has 0 spiro atoms. The number of fused-ring (bicyclic) bond motifs is 3. The second-order valence-electron chi connectivity index (χ2n) is 7.62. The van der Waals surface area contributed by atoms with Crippen LogP contribution in [0.3, 0.4) is 0 Å². The van der Waals surface area contributed by atoms with Gasteiger partial charge in [0.1, 0.15) is 5.65 Å². The summed E-state index contributed by atoms with van der Waals surface area (Å²) in [5.41, 5.74) is 6.28. The highest BCUT2D eigenvalue weighted by Crippen LogP contribution is 2.33. The Hall–Kier alpha value is -3.02. The van der Waals surface area contributed by atoms with E-state index in [1.54, 1.807) is 11.3 Å². The van der Waals surface area contributed by atoms with Gasteiger partial charge in [-0.3, -0.25) is 13.8 Å². The quantitative estimate of drug-likeness (QED) is 0.312. The summed E-state index contributed by atoms with van der Waals surface area (Å²) >= 11 is 7.34. The van der Waals surface area contributed by atoms with Crippen molar-refractivity contribution in [3.05, 3.63) is 104 Å². The average Bonchev–Trinajstić information content (AvgIpc) is 3.10. The Balaban J connectivity index is 1.90. The predicted molar refractivity (Wildman–Crippen MR) is 128 cm³/mol. The molecule has 5 rings (SSSR count). The lowest BCUT2D eigenvalue weighted by molar-refractivity contribution is 0.780. The third-order valence-corrected chi connectivity index (χ3v) is 6.82. The van der Waals surface area contributed by atoms with E-state index in [0.29, 0.717) is 11.9 Å². The average molecular weight is 429 g/mol. The standard InChI is InChI=1S/C25H20N2OS2/c1-16-10-12-18(13-11-16)15-26-23-22(19-7-5-6-17(2)14-19)30-25(29)27(23)21-9-4-3-8-20(21)24(26)28/h3-14H,15H2,1-2H3. The molecule has 2 aromatic heterocycles. The summed E-state index contributed by atoms with van der Waals surface area (Å²) in [6.45, 7) is 4.64. The number of hydrogen-bond donors (Lipinski definition) is 0. The van der Waals surface area contributed by atoms with E-state index >= 15 is 0 Å². The number of thiazole rings is 1. The van der Waals surface area contributed by atoms with Crippen LogP contribution in [0, 0.1) is 17.8 Å². The second kappa shape index (κ2) is 7.35. The van der Waals surface area contributed by atoms with Gasteiger partial charge in [-0.2, -0.15) is 0 Å². The molecule has 3 aromatic carbocycles. The maximum Gasteiger partial charge on any atom is 0.261 e. The fourth-order valence-electron chi connectivity index (χ4n) is 3.91. The van der Waals surface area contributed by atoms with Crippen molar-refractivity contribution in [1.82, 2.24) is 8.97 Å². The van der Waals surface area contributed by atoms with E-state index in [2.05, 4.69) is 60.7 Å². The van der Waals surface area contributed by atoms with Gasteiger partial charge in [-0.15, -0.1) is 11.3 Å². The molecule has 0 N–H and O–H groups in total. The Morgan fingerprint density at radius 2 is 1.67 bits per heavy atom. The van der Waals surface area contributed by atoms with Crippen molar-refractivity contribution in [2.45, 2.75) is 20.4 Å². The van der Waals surface area contributed by atoms with Gasteiger partial charge >= 0.3 is 0 Å². The molecule has 2 heterocycles. The van der Waals surface area contributed by atoms with Crippen molar-refractivity contribution in [3.63, 3.8) is 0 Å². The summed E-state index contributed by atoms with van der Waals surface area (Å²) in [6.07, 6.45) is 0. The van der Waals surface area contributed by atoms with E-state index in [1.165, 1.54) is 11.1 Å². The van der Waals surface area contributed by atoms with Crippen LogP contribution in [-0.4, -0.2) is 8.97 Å². The zero-order chi connectivity index (χ0) is 20.8. The molecule has 0 radical (unpaired) electrons. The van der Waals surface area contributed by atoms with Crippen LogP contribution in [0.5, 0.6) is 0 Å². The largest absolute Gasteiger partial charge is 0.288 e. The van der Waals surface area contributed by atoms with Crippen LogP contribution >= 0.6 is 23.6 Å². The second-order valence-corrected chi connectivity index (χ2v) is 9.26. The lowest BCUT2D eigenvalue weighted by Crippen LogP contribution is -2.23. The number of benzene rings is 3. The van der Waals surface area contributed by atoms with Gasteiger partial charge in [0, 0.05) is 0 Å². The Morgan fingerprint density at radius 3 is 2.43 bits per heavy atom. The first-order valence-electron chi connectivity index (χ1n) is 9.82. The minimum absolute atomic E-state index is 0.00729. The highest BCUT2D eigenvalue weighted by atomic mass is 32.1. The number of aromatic nitrogens is 2. The maximum atomic E-state index is 13.6. The Bertz CT molecular complexity index is 1520. The fraction of sp³-hybridized carbons (Fsp3) is 0.120. The smallest absolute Gasteiger partial charge is 0.261 e. The monoisotopic (exact) mass is 428 g/mol. The lowest BCUT2D eigenvalue weighted by Gasteiger charge is -2.14. The van der Waals surface area contributed by atoms with E-state index in [9.17, 15) is 4.79 Å². The number of nitrogens with zero attached hydrogens (tertiary/aromatic N) is 2. The zero-order valence-electron chi connectivity index (χ0n) is 16.8. The van der Waals surface area contributed by atoms with Crippen LogP contribution in [-0.2, 0) is 6.54 Å². The van der Waals surface area contributed by atoms with Crippen LogP contribution in [0.25, 0.3) is 27.0 Å². The van der Waals surface area contributed by atoms with Crippen LogP contribution in [0.15, 0.2) is 77.6 Å². The van der Waals surface area contributed by atoms with Crippen LogP contribution in [0.4, 0.5) is 0 Å². The molecule has 30 heavy (non-hydrogen) atoms. The Morgan fingerprint density at radius 1 is 0.900 bits per heavy atom. The molecule has 0 saturated carbocycles. The normalized spacial score (nSPS) is 11.4. The number of rotatable bonds is 3. The molecule has 0 bridgehead atoms. The van der Waals surface area contributed by atoms with E-state index in [0.717, 1.165) is 31.1 Å². The molecular weight excluding hydrogens is 408 g/mol. The lowest BCUT2D eigenvalue weighted by atomic mass is 10.1.